The smallest absolute Gasteiger partial charge is 0.306 e. The molecule has 696 valence electrons. The van der Waals surface area contributed by atoms with Crippen LogP contribution in [0.15, 0.2) is 219 Å². The molecule has 0 aliphatic rings. The first-order valence-electron chi connectivity index (χ1n) is 45.4. The van der Waals surface area contributed by atoms with E-state index in [0.717, 1.165) is 151 Å². The third-order valence-corrected chi connectivity index (χ3v) is 21.7. The van der Waals surface area contributed by atoms with Gasteiger partial charge in [-0.3, -0.25) is 39.1 Å². The molecule has 0 radical (unpaired) electrons. The van der Waals surface area contributed by atoms with Gasteiger partial charge in [0.05, 0.1) is 106 Å². The second-order valence-corrected chi connectivity index (χ2v) is 38.0. The van der Waals surface area contributed by atoms with E-state index in [1.54, 1.807) is 20.2 Å². The van der Waals surface area contributed by atoms with Gasteiger partial charge in [-0.05, 0) is 267 Å². The third-order valence-electron chi connectivity index (χ3n) is 21.7. The minimum Gasteiger partial charge on any atom is -0.460 e. The third kappa shape index (κ3) is 25.4. The second kappa shape index (κ2) is 41.9. The van der Waals surface area contributed by atoms with Crippen LogP contribution in [0.4, 0.5) is 0 Å². The number of hydrogen-bond donors (Lipinski definition) is 2. The number of pyridine rings is 8. The molecule has 16 rings (SSSR count). The Hall–Kier alpha value is -15.3. The highest BCUT2D eigenvalue weighted by molar-refractivity contribution is 5.93. The van der Waals surface area contributed by atoms with Crippen molar-refractivity contribution in [2.45, 2.75) is 223 Å². The highest BCUT2D eigenvalue weighted by Crippen LogP contribution is 2.37. The van der Waals surface area contributed by atoms with Crippen molar-refractivity contribution in [3.63, 3.8) is 0 Å². The molecule has 0 saturated heterocycles. The Morgan fingerprint density at radius 2 is 0.625 bits per heavy atom. The summed E-state index contributed by atoms with van der Waals surface area (Å²) in [6.45, 7) is 38.8. The van der Waals surface area contributed by atoms with E-state index in [2.05, 4.69) is 65.6 Å². The van der Waals surface area contributed by atoms with Crippen LogP contribution in [0.25, 0.3) is 112 Å². The van der Waals surface area contributed by atoms with Crippen molar-refractivity contribution < 1.29 is 38.1 Å². The fourth-order valence-electron chi connectivity index (χ4n) is 15.5. The van der Waals surface area contributed by atoms with Crippen LogP contribution in [0, 0.1) is 50.4 Å². The molecular weight excluding hydrogens is 1710 g/mol. The monoisotopic (exact) mass is 1820 g/mol. The molecule has 28 heteroatoms. The maximum absolute atomic E-state index is 12.3. The maximum Gasteiger partial charge on any atom is 0.306 e. The predicted octanol–water partition coefficient (Wildman–Crippen LogP) is 21.2. The van der Waals surface area contributed by atoms with Crippen molar-refractivity contribution in [1.82, 2.24) is 79.0 Å². The van der Waals surface area contributed by atoms with Crippen molar-refractivity contribution in [1.29, 1.82) is 10.5 Å². The Balaban J connectivity index is 0.000000153. The molecule has 4 N–H and O–H groups in total. The lowest BCUT2D eigenvalue weighted by Crippen LogP contribution is -2.24. The van der Waals surface area contributed by atoms with Crippen LogP contribution in [-0.2, 0) is 51.2 Å². The number of ether oxygens (including phenoxy) is 4. The number of aryl methyl sites for hydroxylation is 4. The van der Waals surface area contributed by atoms with Crippen LogP contribution < -0.4 is 11.5 Å². The van der Waals surface area contributed by atoms with Gasteiger partial charge in [-0.25, -0.2) is 38.7 Å². The maximum atomic E-state index is 12.3. The Morgan fingerprint density at radius 1 is 0.346 bits per heavy atom. The van der Waals surface area contributed by atoms with Gasteiger partial charge in [-0.2, -0.15) is 30.9 Å². The minimum atomic E-state index is -0.524. The van der Waals surface area contributed by atoms with Crippen LogP contribution >= 0.6 is 0 Å². The molecule has 4 aromatic carbocycles. The molecule has 0 aliphatic carbocycles. The van der Waals surface area contributed by atoms with Crippen molar-refractivity contribution in [2.24, 2.45) is 11.5 Å². The Bertz CT molecular complexity index is 7150. The fraction of sp³-hybridized carbons (Fsp3) is 0.315. The van der Waals surface area contributed by atoms with Crippen LogP contribution in [0.3, 0.4) is 0 Å². The lowest BCUT2D eigenvalue weighted by Gasteiger charge is -2.21. The Kier molecular flexibility index (Phi) is 30.3. The molecule has 136 heavy (non-hydrogen) atoms. The molecule has 0 saturated carbocycles. The van der Waals surface area contributed by atoms with E-state index in [0.29, 0.717) is 41.4 Å². The van der Waals surface area contributed by atoms with Crippen LogP contribution in [-0.4, -0.2) is 125 Å². The van der Waals surface area contributed by atoms with E-state index in [9.17, 15) is 29.7 Å². The summed E-state index contributed by atoms with van der Waals surface area (Å²) in [7, 11) is 0. The predicted molar refractivity (Wildman–Crippen MR) is 528 cm³/mol. The first-order valence-corrected chi connectivity index (χ1v) is 45.4. The summed E-state index contributed by atoms with van der Waals surface area (Å²) in [5.74, 6) is 1.56. The van der Waals surface area contributed by atoms with Crippen LogP contribution in [0.1, 0.15) is 228 Å². The SMILES string of the molecule is Cc1cccc(-n2cc3c(C#N)cc(-c4cccc(C(C)CC(=O)OC(C)(C)C)n4)cc3n2)n1.Cc1cccc(-n2cc3c(CN)cc(-c4cccc(C(C)CC(=O)OC(C)(C)C)n4)cc3n2)n1.Cc1cccc(-n2ncc3c(C#N)cc(-c4cccc(C(C)CC(=O)OC(C)(C)C)n4)cc32)n1.Cc1cccc(-n2ncc3c(CN)cc(-c4cccc(C(C)CC(=O)OC(C)(C)C)n4)cc32)n1. The van der Waals surface area contributed by atoms with Gasteiger partial charge in [0.25, 0.3) is 0 Å². The average molecular weight is 1820 g/mol. The van der Waals surface area contributed by atoms with Gasteiger partial charge in [-0.1, -0.05) is 76.2 Å². The van der Waals surface area contributed by atoms with Gasteiger partial charge in [0.2, 0.25) is 0 Å². The number of nitrogens with zero attached hydrogens (tertiary/aromatic N) is 18. The van der Waals surface area contributed by atoms with Gasteiger partial charge in [0, 0.05) is 139 Å². The number of nitrogens with two attached hydrogens (primary N) is 2. The zero-order valence-electron chi connectivity index (χ0n) is 80.8. The largest absolute Gasteiger partial charge is 0.460 e. The normalized spacial score (nSPS) is 12.5. The zero-order valence-corrected chi connectivity index (χ0v) is 80.8. The van der Waals surface area contributed by atoms with Crippen molar-refractivity contribution in [3.8, 4) is 80.4 Å². The molecule has 0 amide bonds. The number of carbonyl (C=O) groups is 4. The summed E-state index contributed by atoms with van der Waals surface area (Å²) in [5.41, 5.74) is 29.7. The van der Waals surface area contributed by atoms with Gasteiger partial charge in [0.1, 0.15) is 22.4 Å². The number of hydrogen-bond acceptors (Lipinski definition) is 24. The highest BCUT2D eigenvalue weighted by Gasteiger charge is 2.28. The molecule has 4 unspecified atom stereocenters. The van der Waals surface area contributed by atoms with Gasteiger partial charge < -0.3 is 30.4 Å². The zero-order chi connectivity index (χ0) is 97.8. The van der Waals surface area contributed by atoms with Crippen molar-refractivity contribution >= 4 is 67.5 Å². The summed E-state index contributed by atoms with van der Waals surface area (Å²) in [5, 5.41) is 41.6. The molecule has 0 fully saturated rings. The standard InChI is InChI=1S/C27H31N5O2.C27H27N5O2.C27H31N5O2.C27H27N5O2/c2*1-17(12-26(33)34-27(3,4)5)22-9-7-10-23(30-22)19-13-20(15-28)21-16-32(31-24(21)14-19)25-11-6-8-18(2)29-25;2*1-17(12-26(33)34-27(3,4)5)22-9-7-10-23(31-22)19-13-20(15-28)21-16-29-32(24(21)14-19)25-11-6-8-18(2)30-25/h6-11,13-14,16-17H,12,15,28H2,1-5H3;6-11,13-14,16-17H,12H2,1-5H3;6-11,13-14,16-17H,12,15,28H2,1-5H3;6-11,13-14,16-17H,12H2,1-5H3. The second-order valence-electron chi connectivity index (χ2n) is 38.0. The molecule has 4 atom stereocenters. The first kappa shape index (κ1) is 98.2. The fourth-order valence-corrected chi connectivity index (χ4v) is 15.5. The molecule has 28 nitrogen and oxygen atoms in total. The van der Waals surface area contributed by atoms with E-state index in [1.165, 1.54) is 0 Å². The van der Waals surface area contributed by atoms with E-state index < -0.39 is 22.4 Å². The topological polar surface area (TPSA) is 379 Å². The molecule has 0 aliphatic heterocycles. The number of benzene rings is 4. The molecule has 12 aromatic heterocycles. The summed E-state index contributed by atoms with van der Waals surface area (Å²) in [6.07, 6.45) is 8.34. The number of esters is 4. The van der Waals surface area contributed by atoms with Gasteiger partial charge >= 0.3 is 23.9 Å². The number of nitriles is 2. The van der Waals surface area contributed by atoms with E-state index in [4.69, 9.17) is 55.4 Å². The van der Waals surface area contributed by atoms with E-state index in [-0.39, 0.29) is 73.2 Å². The quantitative estimate of drug-likeness (QED) is 0.0470. The summed E-state index contributed by atoms with van der Waals surface area (Å²) >= 11 is 0. The first-order chi connectivity index (χ1) is 64.5. The van der Waals surface area contributed by atoms with Crippen LogP contribution in [0.5, 0.6) is 0 Å². The number of carbonyl (C=O) groups excluding carboxylic acids is 4. The average Bonchev–Trinajstić information content (AvgIpc) is 1.61. The molecular formula is C108H116N20O8. The summed E-state index contributed by atoms with van der Waals surface area (Å²) in [6, 6.07) is 66.7. The Morgan fingerprint density at radius 3 is 0.963 bits per heavy atom. The van der Waals surface area contributed by atoms with Gasteiger partial charge in [-0.15, -0.1) is 0 Å². The Labute approximate surface area is 792 Å². The molecule has 16 aromatic rings. The number of rotatable bonds is 22. The summed E-state index contributed by atoms with van der Waals surface area (Å²) in [4.78, 5) is 86.8. The summed E-state index contributed by atoms with van der Waals surface area (Å²) < 4.78 is 28.9. The lowest BCUT2D eigenvalue weighted by atomic mass is 10.00. The van der Waals surface area contributed by atoms with E-state index >= 15 is 0 Å². The lowest BCUT2D eigenvalue weighted by molar-refractivity contribution is -0.156. The van der Waals surface area contributed by atoms with Crippen molar-refractivity contribution in [3.05, 3.63) is 287 Å². The van der Waals surface area contributed by atoms with E-state index in [1.807, 2.05) is 338 Å². The van der Waals surface area contributed by atoms with Crippen LogP contribution in [0.2, 0.25) is 0 Å². The number of aromatic nitrogens is 16. The number of fused-ring (bicyclic) bond motifs is 4. The highest BCUT2D eigenvalue weighted by atomic mass is 16.6. The van der Waals surface area contributed by atoms with Gasteiger partial charge in [0.15, 0.2) is 23.3 Å². The minimum absolute atomic E-state index is 0.0703. The van der Waals surface area contributed by atoms with Crippen molar-refractivity contribution in [2.75, 3.05) is 0 Å². The molecule has 0 spiro atoms. The molecule has 12 heterocycles. The molecule has 0 bridgehead atoms.